The number of hydrogen-bond donors (Lipinski definition) is 0. The lowest BCUT2D eigenvalue weighted by molar-refractivity contribution is 0.668. The summed E-state index contributed by atoms with van der Waals surface area (Å²) in [7, 11) is 0. The first kappa shape index (κ1) is 34.6. The molecule has 0 aliphatic rings. The summed E-state index contributed by atoms with van der Waals surface area (Å²) in [5, 5.41) is 8.39. The Bertz CT molecular complexity index is 4210. The lowest BCUT2D eigenvalue weighted by atomic mass is 9.97. The van der Waals surface area contributed by atoms with E-state index in [9.17, 15) is 0 Å². The number of fused-ring (bicyclic) bond motifs is 15. The van der Waals surface area contributed by atoms with Crippen LogP contribution in [0, 0.1) is 0 Å². The molecular formula is C58H30N2O5. The minimum absolute atomic E-state index is 0.787. The van der Waals surface area contributed by atoms with Gasteiger partial charge in [-0.05, 0) is 166 Å². The van der Waals surface area contributed by atoms with Gasteiger partial charge >= 0.3 is 0 Å². The topological polar surface area (TPSA) is 91.5 Å². The molecule has 65 heavy (non-hydrogen) atoms. The van der Waals surface area contributed by atoms with Crippen molar-refractivity contribution in [1.82, 2.24) is 9.97 Å². The van der Waals surface area contributed by atoms with Crippen LogP contribution in [-0.4, -0.2) is 9.97 Å². The number of pyridine rings is 2. The molecule has 0 atom stereocenters. The summed E-state index contributed by atoms with van der Waals surface area (Å²) in [4.78, 5) is 9.19. The van der Waals surface area contributed by atoms with Crippen LogP contribution in [0.3, 0.4) is 0 Å². The summed E-state index contributed by atoms with van der Waals surface area (Å²) < 4.78 is 31.2. The predicted molar refractivity (Wildman–Crippen MR) is 260 cm³/mol. The highest BCUT2D eigenvalue weighted by Gasteiger charge is 2.17. The molecule has 0 amide bonds. The fourth-order valence-corrected chi connectivity index (χ4v) is 9.96. The monoisotopic (exact) mass is 834 g/mol. The van der Waals surface area contributed by atoms with E-state index >= 15 is 0 Å². The lowest BCUT2D eigenvalue weighted by Gasteiger charge is -2.05. The zero-order valence-electron chi connectivity index (χ0n) is 34.3. The Hall–Kier alpha value is -8.94. The maximum atomic E-state index is 6.42. The Balaban J connectivity index is 0.796. The highest BCUT2D eigenvalue weighted by Crippen LogP contribution is 2.41. The van der Waals surface area contributed by atoms with E-state index in [1.165, 1.54) is 0 Å². The third-order valence-corrected chi connectivity index (χ3v) is 13.2. The van der Waals surface area contributed by atoms with Crippen molar-refractivity contribution in [2.24, 2.45) is 0 Å². The van der Waals surface area contributed by atoms with Gasteiger partial charge in [0.05, 0.1) is 0 Å². The van der Waals surface area contributed by atoms with Crippen molar-refractivity contribution in [3.05, 3.63) is 182 Å². The van der Waals surface area contributed by atoms with Crippen molar-refractivity contribution in [2.75, 3.05) is 0 Å². The number of furan rings is 5. The van der Waals surface area contributed by atoms with Crippen molar-refractivity contribution >= 4 is 110 Å². The van der Waals surface area contributed by atoms with Gasteiger partial charge in [-0.15, -0.1) is 0 Å². The third kappa shape index (κ3) is 5.18. The Kier molecular flexibility index (Phi) is 6.83. The number of aromatic nitrogens is 2. The van der Waals surface area contributed by atoms with Crippen LogP contribution in [0.1, 0.15) is 0 Å². The van der Waals surface area contributed by atoms with Crippen LogP contribution in [0.25, 0.3) is 154 Å². The summed E-state index contributed by atoms with van der Waals surface area (Å²) in [5.74, 6) is 0. The van der Waals surface area contributed by atoms with Crippen LogP contribution in [0.15, 0.2) is 204 Å². The van der Waals surface area contributed by atoms with Crippen molar-refractivity contribution in [3.63, 3.8) is 0 Å². The summed E-state index contributed by atoms with van der Waals surface area (Å²) in [5.41, 5.74) is 18.8. The smallest absolute Gasteiger partial charge is 0.153 e. The molecule has 0 radical (unpaired) electrons. The quantitative estimate of drug-likeness (QED) is 0.174. The van der Waals surface area contributed by atoms with E-state index in [2.05, 4.69) is 143 Å². The van der Waals surface area contributed by atoms with Crippen LogP contribution in [0.5, 0.6) is 0 Å². The van der Waals surface area contributed by atoms with Crippen molar-refractivity contribution in [1.29, 1.82) is 0 Å². The molecule has 7 heteroatoms. The highest BCUT2D eigenvalue weighted by atomic mass is 16.3. The molecule has 7 aromatic heterocycles. The fourth-order valence-electron chi connectivity index (χ4n) is 9.96. The highest BCUT2D eigenvalue weighted by molar-refractivity contribution is 6.12. The minimum Gasteiger partial charge on any atom is -0.456 e. The van der Waals surface area contributed by atoms with Crippen molar-refractivity contribution in [2.45, 2.75) is 0 Å². The molecule has 0 saturated heterocycles. The first-order valence-electron chi connectivity index (χ1n) is 21.6. The molecule has 15 aromatic rings. The second-order valence-electron chi connectivity index (χ2n) is 16.9. The van der Waals surface area contributed by atoms with Gasteiger partial charge in [-0.3, -0.25) is 9.97 Å². The van der Waals surface area contributed by atoms with Crippen LogP contribution in [0.2, 0.25) is 0 Å². The van der Waals surface area contributed by atoms with Crippen molar-refractivity contribution < 1.29 is 22.1 Å². The minimum atomic E-state index is 0.787. The summed E-state index contributed by atoms with van der Waals surface area (Å²) >= 11 is 0. The van der Waals surface area contributed by atoms with Gasteiger partial charge in [0.2, 0.25) is 0 Å². The Morgan fingerprint density at radius 2 is 0.431 bits per heavy atom. The second kappa shape index (κ2) is 12.8. The van der Waals surface area contributed by atoms with E-state index in [1.807, 2.05) is 36.4 Å². The molecule has 0 N–H and O–H groups in total. The van der Waals surface area contributed by atoms with Gasteiger partial charge in [0.15, 0.2) is 11.2 Å². The predicted octanol–water partition coefficient (Wildman–Crippen LogP) is 16.6. The standard InChI is InChI=1S/C58H30N2O5/c1-3-55-57(59-21-1)45-29-37(11-19-53(45)64-55)35-9-17-51-43(27-35)41-25-33(7-15-49(41)62-51)31-5-13-47-39(23-31)40-24-32(6-14-48(40)61-47)34-8-16-50-42(26-34)44-28-36(10-18-52(44)63-50)38-12-20-54-46(30-38)58-56(65-54)4-2-22-60-58/h1-30H. The molecule has 302 valence electrons. The van der Waals surface area contributed by atoms with E-state index in [0.717, 1.165) is 154 Å². The van der Waals surface area contributed by atoms with Gasteiger partial charge in [-0.25, -0.2) is 0 Å². The zero-order valence-corrected chi connectivity index (χ0v) is 34.3. The van der Waals surface area contributed by atoms with E-state index in [0.29, 0.717) is 0 Å². The molecule has 0 fully saturated rings. The third-order valence-electron chi connectivity index (χ3n) is 13.2. The SMILES string of the molecule is c1cnc2c(c1)oc1ccc(-c3ccc4oc5ccc(-c6ccc7oc8ccc(-c9ccc%10oc%11ccc(-c%12ccc%13oc%14cccnc%14c%13c%12)cc%11c%10c9)cc8c7c6)cc5c4c3)cc12. The maximum Gasteiger partial charge on any atom is 0.153 e. The molecule has 7 nitrogen and oxygen atoms in total. The molecular weight excluding hydrogens is 805 g/mol. The molecule has 15 rings (SSSR count). The maximum absolute atomic E-state index is 6.42. The molecule has 0 bridgehead atoms. The molecule has 7 heterocycles. The zero-order chi connectivity index (χ0) is 42.3. The van der Waals surface area contributed by atoms with Crippen LogP contribution < -0.4 is 0 Å². The van der Waals surface area contributed by atoms with Gasteiger partial charge in [0.1, 0.15) is 55.7 Å². The van der Waals surface area contributed by atoms with Gasteiger partial charge in [-0.2, -0.15) is 0 Å². The van der Waals surface area contributed by atoms with E-state index < -0.39 is 0 Å². The largest absolute Gasteiger partial charge is 0.456 e. The van der Waals surface area contributed by atoms with E-state index in [1.54, 1.807) is 12.4 Å². The number of benzene rings is 8. The van der Waals surface area contributed by atoms with Crippen molar-refractivity contribution in [3.8, 4) is 44.5 Å². The molecule has 0 unspecified atom stereocenters. The second-order valence-corrected chi connectivity index (χ2v) is 16.9. The summed E-state index contributed by atoms with van der Waals surface area (Å²) in [6, 6.07) is 58.9. The number of rotatable bonds is 4. The molecule has 8 aromatic carbocycles. The average Bonchev–Trinajstić information content (AvgIpc) is 4.18. The Morgan fingerprint density at radius 3 is 0.692 bits per heavy atom. The molecule has 0 aliphatic heterocycles. The average molecular weight is 835 g/mol. The van der Waals surface area contributed by atoms with Crippen LogP contribution >= 0.6 is 0 Å². The van der Waals surface area contributed by atoms with Gasteiger partial charge in [0, 0.05) is 55.5 Å². The molecule has 0 aliphatic carbocycles. The van der Waals surface area contributed by atoms with Gasteiger partial charge in [-0.1, -0.05) is 48.5 Å². The first-order chi connectivity index (χ1) is 32.1. The van der Waals surface area contributed by atoms with Crippen LogP contribution in [0.4, 0.5) is 0 Å². The number of hydrogen-bond acceptors (Lipinski definition) is 7. The normalized spacial score (nSPS) is 12.3. The van der Waals surface area contributed by atoms with Crippen LogP contribution in [-0.2, 0) is 0 Å². The summed E-state index contributed by atoms with van der Waals surface area (Å²) in [6.45, 7) is 0. The molecule has 0 spiro atoms. The first-order valence-corrected chi connectivity index (χ1v) is 21.6. The summed E-state index contributed by atoms with van der Waals surface area (Å²) in [6.07, 6.45) is 3.61. The lowest BCUT2D eigenvalue weighted by Crippen LogP contribution is -1.80. The van der Waals surface area contributed by atoms with Gasteiger partial charge < -0.3 is 22.1 Å². The van der Waals surface area contributed by atoms with E-state index in [-0.39, 0.29) is 0 Å². The van der Waals surface area contributed by atoms with Gasteiger partial charge in [0.25, 0.3) is 0 Å². The molecule has 0 saturated carbocycles. The Labute approximate surface area is 367 Å². The fraction of sp³-hybridized carbons (Fsp3) is 0. The van der Waals surface area contributed by atoms with E-state index in [4.69, 9.17) is 22.1 Å². The Morgan fingerprint density at radius 1 is 0.215 bits per heavy atom. The number of nitrogens with zero attached hydrogens (tertiary/aromatic N) is 2.